The molecule has 2 aromatic rings. The number of carboxylic acids is 1. The molecule has 0 aliphatic heterocycles. The summed E-state index contributed by atoms with van der Waals surface area (Å²) in [5.74, 6) is -1.05. The van der Waals surface area contributed by atoms with Crippen LogP contribution in [0.2, 0.25) is 0 Å². The molecule has 5 nitrogen and oxygen atoms in total. The number of halogens is 1. The molecule has 0 heterocycles. The molecule has 0 saturated heterocycles. The largest absolute Gasteiger partial charge is 0.481 e. The van der Waals surface area contributed by atoms with Crippen molar-refractivity contribution in [3.8, 4) is 0 Å². The van der Waals surface area contributed by atoms with Crippen LogP contribution in [0.3, 0.4) is 0 Å². The van der Waals surface area contributed by atoms with Crippen molar-refractivity contribution < 1.29 is 18.3 Å². The first-order valence-corrected chi connectivity index (χ1v) is 9.11. The number of anilines is 1. The molecule has 122 valence electrons. The Kier molecular flexibility index (Phi) is 5.43. The molecular formula is C16H16BrNO4S. The summed E-state index contributed by atoms with van der Waals surface area (Å²) in [6.45, 7) is 1.72. The van der Waals surface area contributed by atoms with Gasteiger partial charge in [0.25, 0.3) is 10.0 Å². The Bertz CT molecular complexity index is 803. The van der Waals surface area contributed by atoms with E-state index in [-0.39, 0.29) is 17.9 Å². The molecule has 7 heteroatoms. The molecule has 0 bridgehead atoms. The van der Waals surface area contributed by atoms with Crippen LogP contribution in [0.15, 0.2) is 57.9 Å². The fourth-order valence-corrected chi connectivity index (χ4v) is 4.16. The Balaban J connectivity index is 2.50. The van der Waals surface area contributed by atoms with Gasteiger partial charge in [0.15, 0.2) is 0 Å². The smallest absolute Gasteiger partial charge is 0.305 e. The summed E-state index contributed by atoms with van der Waals surface area (Å²) in [5.41, 5.74) is 1.36. The second kappa shape index (κ2) is 7.14. The third-order valence-electron chi connectivity index (χ3n) is 3.26. The molecule has 2 rings (SSSR count). The van der Waals surface area contributed by atoms with Crippen LogP contribution in [-0.4, -0.2) is 26.0 Å². The highest BCUT2D eigenvalue weighted by Gasteiger charge is 2.26. The van der Waals surface area contributed by atoms with Gasteiger partial charge in [0.05, 0.1) is 17.0 Å². The number of benzene rings is 2. The normalized spacial score (nSPS) is 11.2. The first-order chi connectivity index (χ1) is 10.8. The van der Waals surface area contributed by atoms with Crippen molar-refractivity contribution in [3.05, 3.63) is 58.6 Å². The van der Waals surface area contributed by atoms with Gasteiger partial charge < -0.3 is 5.11 Å². The summed E-state index contributed by atoms with van der Waals surface area (Å²) < 4.78 is 27.5. The number of hydrogen-bond donors (Lipinski definition) is 1. The van der Waals surface area contributed by atoms with Crippen LogP contribution in [-0.2, 0) is 14.8 Å². The van der Waals surface area contributed by atoms with E-state index in [0.29, 0.717) is 10.2 Å². The highest BCUT2D eigenvalue weighted by molar-refractivity contribution is 9.10. The number of carbonyl (C=O) groups is 1. The predicted molar refractivity (Wildman–Crippen MR) is 92.1 cm³/mol. The van der Waals surface area contributed by atoms with Gasteiger partial charge in [-0.3, -0.25) is 9.10 Å². The van der Waals surface area contributed by atoms with Gasteiger partial charge in [-0.25, -0.2) is 8.42 Å². The monoisotopic (exact) mass is 397 g/mol. The summed E-state index contributed by atoms with van der Waals surface area (Å²) in [6.07, 6.45) is -0.285. The minimum absolute atomic E-state index is 0.129. The lowest BCUT2D eigenvalue weighted by molar-refractivity contribution is -0.136. The van der Waals surface area contributed by atoms with Crippen LogP contribution in [0.1, 0.15) is 12.0 Å². The van der Waals surface area contributed by atoms with E-state index in [4.69, 9.17) is 5.11 Å². The van der Waals surface area contributed by atoms with Crippen molar-refractivity contribution in [1.29, 1.82) is 0 Å². The maximum atomic E-state index is 12.9. The summed E-state index contributed by atoms with van der Waals surface area (Å²) in [6, 6.07) is 13.3. The van der Waals surface area contributed by atoms with E-state index in [0.717, 1.165) is 9.87 Å². The van der Waals surface area contributed by atoms with E-state index in [1.165, 1.54) is 12.1 Å². The quantitative estimate of drug-likeness (QED) is 0.809. The minimum Gasteiger partial charge on any atom is -0.481 e. The van der Waals surface area contributed by atoms with E-state index in [1.807, 2.05) is 6.92 Å². The molecule has 0 atom stereocenters. The highest BCUT2D eigenvalue weighted by Crippen LogP contribution is 2.30. The predicted octanol–water partition coefficient (Wildman–Crippen LogP) is 3.43. The van der Waals surface area contributed by atoms with Gasteiger partial charge in [-0.2, -0.15) is 0 Å². The Hall–Kier alpha value is -1.86. The Morgan fingerprint density at radius 3 is 2.30 bits per heavy atom. The zero-order chi connectivity index (χ0) is 17.0. The number of hydrogen-bond acceptors (Lipinski definition) is 3. The van der Waals surface area contributed by atoms with Gasteiger partial charge in [-0.05, 0) is 47.1 Å². The number of sulfonamides is 1. The molecule has 0 aromatic heterocycles. The van der Waals surface area contributed by atoms with Gasteiger partial charge in [0.2, 0.25) is 0 Å². The molecule has 0 aliphatic carbocycles. The summed E-state index contributed by atoms with van der Waals surface area (Å²) >= 11 is 3.33. The number of aryl methyl sites for hydroxylation is 1. The van der Waals surface area contributed by atoms with Crippen molar-refractivity contribution in [3.63, 3.8) is 0 Å². The first-order valence-electron chi connectivity index (χ1n) is 6.88. The fraction of sp³-hybridized carbons (Fsp3) is 0.188. The highest BCUT2D eigenvalue weighted by atomic mass is 79.9. The maximum Gasteiger partial charge on any atom is 0.305 e. The molecule has 0 saturated carbocycles. The molecular weight excluding hydrogens is 382 g/mol. The van der Waals surface area contributed by atoms with Crippen LogP contribution >= 0.6 is 15.9 Å². The third-order valence-corrected chi connectivity index (χ3v) is 5.76. The van der Waals surface area contributed by atoms with Gasteiger partial charge >= 0.3 is 5.97 Å². The summed E-state index contributed by atoms with van der Waals surface area (Å²) in [7, 11) is -3.85. The molecule has 1 N–H and O–H groups in total. The van der Waals surface area contributed by atoms with Crippen LogP contribution < -0.4 is 4.31 Å². The van der Waals surface area contributed by atoms with Crippen LogP contribution in [0.25, 0.3) is 0 Å². The molecule has 0 amide bonds. The summed E-state index contributed by atoms with van der Waals surface area (Å²) in [5, 5.41) is 8.92. The topological polar surface area (TPSA) is 74.7 Å². The molecule has 23 heavy (non-hydrogen) atoms. The lowest BCUT2D eigenvalue weighted by atomic mass is 10.2. The first kappa shape index (κ1) is 17.5. The van der Waals surface area contributed by atoms with Crippen LogP contribution in [0.4, 0.5) is 5.69 Å². The third kappa shape index (κ3) is 4.11. The number of rotatable bonds is 6. The maximum absolute atomic E-state index is 12.9. The average molecular weight is 398 g/mol. The number of carboxylic acid groups (broad SMARTS) is 1. The van der Waals surface area contributed by atoms with E-state index < -0.39 is 16.0 Å². The van der Waals surface area contributed by atoms with Crippen LogP contribution in [0.5, 0.6) is 0 Å². The standard InChI is InChI=1S/C16H16BrNO4S/c1-12-6-8-13(9-7-12)23(21,22)18(11-10-16(19)20)15-5-3-2-4-14(15)17/h2-9H,10-11H2,1H3,(H,19,20). The van der Waals surface area contributed by atoms with Gasteiger partial charge in [0, 0.05) is 11.0 Å². The Morgan fingerprint density at radius 1 is 1.13 bits per heavy atom. The van der Waals surface area contributed by atoms with Crippen molar-refractivity contribution in [1.82, 2.24) is 0 Å². The molecule has 0 unspecified atom stereocenters. The van der Waals surface area contributed by atoms with Gasteiger partial charge in [-0.1, -0.05) is 29.8 Å². The SMILES string of the molecule is Cc1ccc(S(=O)(=O)N(CCC(=O)O)c2ccccc2Br)cc1. The lowest BCUT2D eigenvalue weighted by Crippen LogP contribution is -2.33. The zero-order valence-electron chi connectivity index (χ0n) is 12.4. The van der Waals surface area contributed by atoms with Gasteiger partial charge in [0.1, 0.15) is 0 Å². The van der Waals surface area contributed by atoms with Crippen molar-refractivity contribution >= 4 is 37.6 Å². The number of aliphatic carboxylic acids is 1. The summed E-state index contributed by atoms with van der Waals surface area (Å²) in [4.78, 5) is 11.0. The van der Waals surface area contributed by atoms with Gasteiger partial charge in [-0.15, -0.1) is 0 Å². The molecule has 0 fully saturated rings. The Morgan fingerprint density at radius 2 is 1.74 bits per heavy atom. The zero-order valence-corrected chi connectivity index (χ0v) is 14.8. The molecule has 2 aromatic carbocycles. The second-order valence-electron chi connectivity index (χ2n) is 4.99. The van der Waals surface area contributed by atoms with E-state index in [9.17, 15) is 13.2 Å². The number of para-hydroxylation sites is 1. The number of nitrogens with zero attached hydrogens (tertiary/aromatic N) is 1. The molecule has 0 spiro atoms. The van der Waals surface area contributed by atoms with Crippen molar-refractivity contribution in [2.75, 3.05) is 10.8 Å². The Labute approximate surface area is 143 Å². The molecule has 0 aliphatic rings. The lowest BCUT2D eigenvalue weighted by Gasteiger charge is -2.25. The van der Waals surface area contributed by atoms with E-state index in [2.05, 4.69) is 15.9 Å². The van der Waals surface area contributed by atoms with Crippen molar-refractivity contribution in [2.24, 2.45) is 0 Å². The second-order valence-corrected chi connectivity index (χ2v) is 7.70. The van der Waals surface area contributed by atoms with E-state index in [1.54, 1.807) is 36.4 Å². The molecule has 0 radical (unpaired) electrons. The average Bonchev–Trinajstić information content (AvgIpc) is 2.49. The minimum atomic E-state index is -3.85. The van der Waals surface area contributed by atoms with E-state index >= 15 is 0 Å². The van der Waals surface area contributed by atoms with Crippen molar-refractivity contribution in [2.45, 2.75) is 18.2 Å². The fourth-order valence-electron chi connectivity index (χ4n) is 2.06. The van der Waals surface area contributed by atoms with Crippen LogP contribution in [0, 0.1) is 6.92 Å².